The Morgan fingerprint density at radius 3 is 1.23 bits per heavy atom. The highest BCUT2D eigenvalue weighted by Gasteiger charge is 2.23. The number of ether oxygens (including phenoxy) is 2. The lowest BCUT2D eigenvalue weighted by molar-refractivity contribution is -0.146. The van der Waals surface area contributed by atoms with Crippen molar-refractivity contribution in [3.63, 3.8) is 0 Å². The van der Waals surface area contributed by atoms with Crippen LogP contribution < -0.4 is 0 Å². The van der Waals surface area contributed by atoms with Gasteiger partial charge in [-0.2, -0.15) is 0 Å². The maximum Gasteiger partial charge on any atom is 0.305 e. The van der Waals surface area contributed by atoms with Gasteiger partial charge in [-0.25, -0.2) is 0 Å². The number of unbranched alkanes of at least 4 members (excludes halogenated alkanes) is 17. The van der Waals surface area contributed by atoms with E-state index in [1.807, 2.05) is 0 Å². The largest absolute Gasteiger partial charge is 0.465 e. The van der Waals surface area contributed by atoms with Crippen LogP contribution in [-0.4, -0.2) is 74.1 Å². The van der Waals surface area contributed by atoms with Crippen LogP contribution in [0, 0.1) is 11.8 Å². The maximum absolute atomic E-state index is 13.8. The fraction of sp³-hybridized carbons (Fsp3) is 0.939. The first-order valence-electron chi connectivity index (χ1n) is 24.5. The molecule has 0 heterocycles. The van der Waals surface area contributed by atoms with Crippen LogP contribution in [-0.2, 0) is 23.9 Å². The minimum absolute atomic E-state index is 0.0268. The number of rotatable bonds is 42. The lowest BCUT2D eigenvalue weighted by Gasteiger charge is -2.33. The first-order chi connectivity index (χ1) is 27.2. The zero-order valence-corrected chi connectivity index (χ0v) is 38.6. The molecule has 0 aliphatic carbocycles. The van der Waals surface area contributed by atoms with Crippen LogP contribution in [0.3, 0.4) is 0 Å². The van der Waals surface area contributed by atoms with Crippen LogP contribution >= 0.6 is 0 Å². The molecule has 7 nitrogen and oxygen atoms in total. The van der Waals surface area contributed by atoms with Gasteiger partial charge in [0.05, 0.1) is 13.2 Å². The molecule has 0 bridgehead atoms. The van der Waals surface area contributed by atoms with Crippen molar-refractivity contribution in [2.24, 2.45) is 11.8 Å². The van der Waals surface area contributed by atoms with Gasteiger partial charge >= 0.3 is 11.9 Å². The average molecular weight is 793 g/mol. The van der Waals surface area contributed by atoms with Gasteiger partial charge in [0.15, 0.2) is 0 Å². The monoisotopic (exact) mass is 793 g/mol. The Bertz CT molecular complexity index is 848. The number of esters is 2. The summed E-state index contributed by atoms with van der Waals surface area (Å²) >= 11 is 0. The van der Waals surface area contributed by atoms with Gasteiger partial charge < -0.3 is 19.3 Å². The smallest absolute Gasteiger partial charge is 0.305 e. The SMILES string of the molecule is CCCCCCCCC(=O)N(CCCN(C)C)C(CCCCCCCCC(=O)OCC(CC)CCCC)CCCCCCCCC(=O)OCC(CC)CCCC. The molecule has 0 spiro atoms. The quantitative estimate of drug-likeness (QED) is 0.0453. The standard InChI is InChI=1S/C49H96N2O5/c1-8-13-16-17-24-29-37-47(52)51(41-32-40-50(6)7)46(35-27-22-18-20-25-30-38-48(53)55-42-44(11-4)33-14-9-2)36-28-23-19-21-26-31-39-49(54)56-43-45(12-5)34-15-10-3/h44-46H,8-43H2,1-7H3. The summed E-state index contributed by atoms with van der Waals surface area (Å²) in [7, 11) is 4.25. The fourth-order valence-electron chi connectivity index (χ4n) is 7.80. The van der Waals surface area contributed by atoms with E-state index < -0.39 is 0 Å². The zero-order valence-electron chi connectivity index (χ0n) is 38.6. The molecule has 0 saturated carbocycles. The Hall–Kier alpha value is -1.63. The molecule has 7 heteroatoms. The molecule has 0 N–H and O–H groups in total. The van der Waals surface area contributed by atoms with Gasteiger partial charge in [-0.1, -0.05) is 169 Å². The van der Waals surface area contributed by atoms with E-state index in [2.05, 4.69) is 58.5 Å². The Kier molecular flexibility index (Phi) is 39.0. The van der Waals surface area contributed by atoms with Crippen molar-refractivity contribution in [2.75, 3.05) is 40.4 Å². The van der Waals surface area contributed by atoms with E-state index in [0.29, 0.717) is 56.3 Å². The summed E-state index contributed by atoms with van der Waals surface area (Å²) in [4.78, 5) is 42.9. The number of nitrogens with zero attached hydrogens (tertiary/aromatic N) is 2. The Labute approximate surface area is 348 Å². The van der Waals surface area contributed by atoms with Crippen LogP contribution in [0.25, 0.3) is 0 Å². The topological polar surface area (TPSA) is 76.2 Å². The third-order valence-electron chi connectivity index (χ3n) is 11.9. The second kappa shape index (κ2) is 40.2. The molecule has 0 rings (SSSR count). The molecule has 332 valence electrons. The Morgan fingerprint density at radius 1 is 0.429 bits per heavy atom. The van der Waals surface area contributed by atoms with Crippen molar-refractivity contribution in [2.45, 2.75) is 246 Å². The molecule has 56 heavy (non-hydrogen) atoms. The average Bonchev–Trinajstić information content (AvgIpc) is 3.19. The summed E-state index contributed by atoms with van der Waals surface area (Å²) < 4.78 is 11.2. The molecular weight excluding hydrogens is 697 g/mol. The van der Waals surface area contributed by atoms with Crippen molar-refractivity contribution >= 4 is 17.8 Å². The Morgan fingerprint density at radius 2 is 0.821 bits per heavy atom. The van der Waals surface area contributed by atoms with E-state index in [4.69, 9.17) is 9.47 Å². The molecule has 0 aromatic carbocycles. The van der Waals surface area contributed by atoms with Gasteiger partial charge in [-0.05, 0) is 83.8 Å². The summed E-state index contributed by atoms with van der Waals surface area (Å²) in [6, 6.07) is 0.322. The molecule has 0 aromatic heterocycles. The highest BCUT2D eigenvalue weighted by Crippen LogP contribution is 2.22. The third kappa shape index (κ3) is 33.4. The summed E-state index contributed by atoms with van der Waals surface area (Å²) in [5, 5.41) is 0. The summed E-state index contributed by atoms with van der Waals surface area (Å²) in [6.07, 6.45) is 34.9. The minimum atomic E-state index is -0.0268. The number of amides is 1. The summed E-state index contributed by atoms with van der Waals surface area (Å²) in [5.41, 5.74) is 0. The van der Waals surface area contributed by atoms with Crippen molar-refractivity contribution in [3.05, 3.63) is 0 Å². The van der Waals surface area contributed by atoms with Gasteiger partial charge in [0.2, 0.25) is 5.91 Å². The molecular formula is C49H96N2O5. The van der Waals surface area contributed by atoms with E-state index >= 15 is 0 Å². The lowest BCUT2D eigenvalue weighted by atomic mass is 9.97. The molecule has 0 aromatic rings. The van der Waals surface area contributed by atoms with Crippen molar-refractivity contribution < 1.29 is 23.9 Å². The van der Waals surface area contributed by atoms with Gasteiger partial charge in [0.25, 0.3) is 0 Å². The first kappa shape index (κ1) is 54.4. The molecule has 0 aliphatic heterocycles. The van der Waals surface area contributed by atoms with Crippen LogP contribution in [0.5, 0.6) is 0 Å². The fourth-order valence-corrected chi connectivity index (χ4v) is 7.80. The highest BCUT2D eigenvalue weighted by atomic mass is 16.5. The van der Waals surface area contributed by atoms with E-state index in [9.17, 15) is 14.4 Å². The van der Waals surface area contributed by atoms with E-state index in [0.717, 1.165) is 122 Å². The van der Waals surface area contributed by atoms with Crippen LogP contribution in [0.1, 0.15) is 240 Å². The summed E-state index contributed by atoms with van der Waals surface area (Å²) in [5.74, 6) is 1.33. The normalized spacial score (nSPS) is 13.1. The van der Waals surface area contributed by atoms with E-state index in [1.54, 1.807) is 0 Å². The third-order valence-corrected chi connectivity index (χ3v) is 11.9. The van der Waals surface area contributed by atoms with E-state index in [1.165, 1.54) is 77.0 Å². The molecule has 0 saturated heterocycles. The second-order valence-corrected chi connectivity index (χ2v) is 17.4. The van der Waals surface area contributed by atoms with Gasteiger partial charge in [-0.3, -0.25) is 14.4 Å². The van der Waals surface area contributed by atoms with Crippen molar-refractivity contribution in [1.82, 2.24) is 9.80 Å². The minimum Gasteiger partial charge on any atom is -0.465 e. The predicted octanol–water partition coefficient (Wildman–Crippen LogP) is 13.6. The van der Waals surface area contributed by atoms with Crippen LogP contribution in [0.4, 0.5) is 0 Å². The summed E-state index contributed by atoms with van der Waals surface area (Å²) in [6.45, 7) is 14.1. The molecule has 0 radical (unpaired) electrons. The molecule has 2 unspecified atom stereocenters. The number of hydrogen-bond acceptors (Lipinski definition) is 6. The molecule has 0 aliphatic rings. The molecule has 1 amide bonds. The Balaban J connectivity index is 4.89. The molecule has 2 atom stereocenters. The maximum atomic E-state index is 13.8. The van der Waals surface area contributed by atoms with Crippen LogP contribution in [0.2, 0.25) is 0 Å². The highest BCUT2D eigenvalue weighted by molar-refractivity contribution is 5.76. The first-order valence-corrected chi connectivity index (χ1v) is 24.5. The number of carbonyl (C=O) groups excluding carboxylic acids is 3. The second-order valence-electron chi connectivity index (χ2n) is 17.4. The molecule has 0 fully saturated rings. The lowest BCUT2D eigenvalue weighted by Crippen LogP contribution is -2.41. The number of carbonyl (C=O) groups is 3. The predicted molar refractivity (Wildman–Crippen MR) is 239 cm³/mol. The van der Waals surface area contributed by atoms with Gasteiger partial charge in [0, 0.05) is 31.8 Å². The van der Waals surface area contributed by atoms with Gasteiger partial charge in [-0.15, -0.1) is 0 Å². The van der Waals surface area contributed by atoms with Crippen molar-refractivity contribution in [3.8, 4) is 0 Å². The number of hydrogen-bond donors (Lipinski definition) is 0. The zero-order chi connectivity index (χ0) is 41.5. The van der Waals surface area contributed by atoms with Crippen molar-refractivity contribution in [1.29, 1.82) is 0 Å². The van der Waals surface area contributed by atoms with E-state index in [-0.39, 0.29) is 11.9 Å². The van der Waals surface area contributed by atoms with Crippen LogP contribution in [0.15, 0.2) is 0 Å². The van der Waals surface area contributed by atoms with Gasteiger partial charge in [0.1, 0.15) is 0 Å².